The molecule has 0 aliphatic heterocycles. The normalized spacial score (nSPS) is 11.6. The van der Waals surface area contributed by atoms with Crippen LogP contribution in [-0.4, -0.2) is 5.78 Å². The summed E-state index contributed by atoms with van der Waals surface area (Å²) in [7, 11) is 0. The molecule has 0 aliphatic rings. The van der Waals surface area contributed by atoms with Gasteiger partial charge in [-0.05, 0) is 24.0 Å². The van der Waals surface area contributed by atoms with Crippen LogP contribution in [0.3, 0.4) is 0 Å². The molecular formula is C22H24O. The Morgan fingerprint density at radius 2 is 1.26 bits per heavy atom. The molecule has 0 saturated heterocycles. The van der Waals surface area contributed by atoms with Gasteiger partial charge < -0.3 is 0 Å². The van der Waals surface area contributed by atoms with Crippen LogP contribution < -0.4 is 0 Å². The first-order valence-electron chi connectivity index (χ1n) is 8.25. The van der Waals surface area contributed by atoms with Gasteiger partial charge in [0.1, 0.15) is 5.78 Å². The van der Waals surface area contributed by atoms with Crippen molar-refractivity contribution in [2.45, 2.75) is 26.2 Å². The van der Waals surface area contributed by atoms with E-state index in [1.54, 1.807) is 0 Å². The molecule has 0 saturated carbocycles. The standard InChI is InChI=1S/C22H24O/c1-2-22(23)21(17-9-15-19-11-5-3-6-12-19)18-10-16-20-13-7-4-8-14-20/h3-16,21H,2,17-18H2,1H3/b15-9+,16-10+. The lowest BCUT2D eigenvalue weighted by molar-refractivity contribution is -0.122. The van der Waals surface area contributed by atoms with Gasteiger partial charge >= 0.3 is 0 Å². The second-order valence-electron chi connectivity index (χ2n) is 5.61. The molecule has 1 heteroatoms. The lowest BCUT2D eigenvalue weighted by Crippen LogP contribution is -2.11. The highest BCUT2D eigenvalue weighted by Crippen LogP contribution is 2.16. The number of Topliss-reactive ketones (excluding diaryl/α,β-unsaturated/α-hetero) is 1. The van der Waals surface area contributed by atoms with E-state index in [9.17, 15) is 4.79 Å². The van der Waals surface area contributed by atoms with Gasteiger partial charge in [0.25, 0.3) is 0 Å². The molecule has 0 aromatic heterocycles. The van der Waals surface area contributed by atoms with Gasteiger partial charge in [0.2, 0.25) is 0 Å². The summed E-state index contributed by atoms with van der Waals surface area (Å²) in [6.45, 7) is 1.94. The zero-order valence-electron chi connectivity index (χ0n) is 13.7. The fourth-order valence-electron chi connectivity index (χ4n) is 2.51. The van der Waals surface area contributed by atoms with Crippen LogP contribution in [0.2, 0.25) is 0 Å². The van der Waals surface area contributed by atoms with E-state index >= 15 is 0 Å². The third-order valence-corrected chi connectivity index (χ3v) is 3.86. The van der Waals surface area contributed by atoms with E-state index in [-0.39, 0.29) is 5.92 Å². The molecule has 2 aromatic carbocycles. The summed E-state index contributed by atoms with van der Waals surface area (Å²) in [5.41, 5.74) is 2.35. The Morgan fingerprint density at radius 3 is 1.65 bits per heavy atom. The Hall–Kier alpha value is -2.41. The molecule has 0 N–H and O–H groups in total. The average molecular weight is 304 g/mol. The smallest absolute Gasteiger partial charge is 0.136 e. The zero-order chi connectivity index (χ0) is 16.3. The van der Waals surface area contributed by atoms with Crippen molar-refractivity contribution in [2.75, 3.05) is 0 Å². The number of allylic oxidation sites excluding steroid dienone is 2. The van der Waals surface area contributed by atoms with E-state index in [4.69, 9.17) is 0 Å². The summed E-state index contributed by atoms with van der Waals surface area (Å²) in [4.78, 5) is 12.1. The molecule has 0 unspecified atom stereocenters. The summed E-state index contributed by atoms with van der Waals surface area (Å²) >= 11 is 0. The second kappa shape index (κ2) is 9.58. The number of hydrogen-bond acceptors (Lipinski definition) is 1. The van der Waals surface area contributed by atoms with E-state index in [0.717, 1.165) is 12.8 Å². The third kappa shape index (κ3) is 6.07. The third-order valence-electron chi connectivity index (χ3n) is 3.86. The number of hydrogen-bond donors (Lipinski definition) is 0. The molecule has 2 aromatic rings. The van der Waals surface area contributed by atoms with Gasteiger partial charge in [-0.1, -0.05) is 91.9 Å². The molecule has 0 spiro atoms. The maximum Gasteiger partial charge on any atom is 0.136 e. The molecule has 0 heterocycles. The van der Waals surface area contributed by atoms with Gasteiger partial charge in [0.15, 0.2) is 0 Å². The van der Waals surface area contributed by atoms with E-state index in [0.29, 0.717) is 12.2 Å². The number of carbonyl (C=O) groups is 1. The Bertz CT molecular complexity index is 587. The van der Waals surface area contributed by atoms with Crippen LogP contribution in [0, 0.1) is 5.92 Å². The second-order valence-corrected chi connectivity index (χ2v) is 5.61. The van der Waals surface area contributed by atoms with Crippen molar-refractivity contribution in [3.05, 3.63) is 83.9 Å². The first kappa shape index (κ1) is 17.0. The topological polar surface area (TPSA) is 17.1 Å². The predicted molar refractivity (Wildman–Crippen MR) is 99.0 cm³/mol. The molecule has 0 bridgehead atoms. The summed E-state index contributed by atoms with van der Waals surface area (Å²) in [5, 5.41) is 0. The Balaban J connectivity index is 1.93. The fraction of sp³-hybridized carbons (Fsp3) is 0.227. The van der Waals surface area contributed by atoms with Crippen molar-refractivity contribution in [2.24, 2.45) is 5.92 Å². The molecule has 0 aliphatic carbocycles. The van der Waals surface area contributed by atoms with Crippen LogP contribution in [0.1, 0.15) is 37.3 Å². The van der Waals surface area contributed by atoms with E-state index in [1.807, 2.05) is 43.3 Å². The highest BCUT2D eigenvalue weighted by atomic mass is 16.1. The quantitative estimate of drug-likeness (QED) is 0.603. The molecule has 1 nitrogen and oxygen atoms in total. The molecule has 0 atom stereocenters. The van der Waals surface area contributed by atoms with E-state index < -0.39 is 0 Å². The number of benzene rings is 2. The van der Waals surface area contributed by atoms with E-state index in [1.165, 1.54) is 11.1 Å². The zero-order valence-corrected chi connectivity index (χ0v) is 13.7. The molecule has 2 rings (SSSR count). The number of rotatable bonds is 8. The Morgan fingerprint density at radius 1 is 0.826 bits per heavy atom. The molecule has 0 fully saturated rings. The maximum absolute atomic E-state index is 12.1. The SMILES string of the molecule is CCC(=O)C(C/C=C/c1ccccc1)C/C=C/c1ccccc1. The van der Waals surface area contributed by atoms with E-state index in [2.05, 4.69) is 48.6 Å². The molecule has 0 amide bonds. The molecule has 23 heavy (non-hydrogen) atoms. The number of ketones is 1. The number of carbonyl (C=O) groups excluding carboxylic acids is 1. The van der Waals surface area contributed by atoms with Crippen LogP contribution in [0.5, 0.6) is 0 Å². The van der Waals surface area contributed by atoms with Gasteiger partial charge in [0, 0.05) is 12.3 Å². The van der Waals surface area contributed by atoms with Crippen molar-refractivity contribution in [1.82, 2.24) is 0 Å². The summed E-state index contributed by atoms with van der Waals surface area (Å²) < 4.78 is 0. The summed E-state index contributed by atoms with van der Waals surface area (Å²) in [5.74, 6) is 0.403. The van der Waals surface area contributed by atoms with Crippen LogP contribution >= 0.6 is 0 Å². The fourth-order valence-corrected chi connectivity index (χ4v) is 2.51. The van der Waals surface area contributed by atoms with Gasteiger partial charge in [-0.2, -0.15) is 0 Å². The molecular weight excluding hydrogens is 280 g/mol. The van der Waals surface area contributed by atoms with Crippen molar-refractivity contribution in [1.29, 1.82) is 0 Å². The van der Waals surface area contributed by atoms with Crippen molar-refractivity contribution < 1.29 is 4.79 Å². The lowest BCUT2D eigenvalue weighted by atomic mass is 9.93. The van der Waals surface area contributed by atoms with Gasteiger partial charge in [-0.3, -0.25) is 4.79 Å². The Labute approximate surface area is 139 Å². The summed E-state index contributed by atoms with van der Waals surface area (Å²) in [6.07, 6.45) is 10.6. The van der Waals surface area contributed by atoms with Crippen LogP contribution in [0.15, 0.2) is 72.8 Å². The minimum atomic E-state index is 0.0694. The van der Waals surface area contributed by atoms with Crippen molar-refractivity contribution in [3.8, 4) is 0 Å². The predicted octanol–water partition coefficient (Wildman–Crippen LogP) is 5.79. The maximum atomic E-state index is 12.1. The van der Waals surface area contributed by atoms with Gasteiger partial charge in [-0.15, -0.1) is 0 Å². The average Bonchev–Trinajstić information content (AvgIpc) is 2.61. The highest BCUT2D eigenvalue weighted by molar-refractivity contribution is 5.81. The molecule has 118 valence electrons. The Kier molecular flexibility index (Phi) is 7.06. The minimum absolute atomic E-state index is 0.0694. The van der Waals surface area contributed by atoms with Crippen molar-refractivity contribution >= 4 is 17.9 Å². The first-order valence-corrected chi connectivity index (χ1v) is 8.25. The van der Waals surface area contributed by atoms with Crippen LogP contribution in [0.4, 0.5) is 0 Å². The highest BCUT2D eigenvalue weighted by Gasteiger charge is 2.13. The summed E-state index contributed by atoms with van der Waals surface area (Å²) in [6, 6.07) is 20.4. The van der Waals surface area contributed by atoms with Gasteiger partial charge in [0.05, 0.1) is 0 Å². The lowest BCUT2D eigenvalue weighted by Gasteiger charge is -2.10. The van der Waals surface area contributed by atoms with Crippen LogP contribution in [0.25, 0.3) is 12.2 Å². The first-order chi connectivity index (χ1) is 11.3. The van der Waals surface area contributed by atoms with Gasteiger partial charge in [-0.25, -0.2) is 0 Å². The monoisotopic (exact) mass is 304 g/mol. The minimum Gasteiger partial charge on any atom is -0.299 e. The van der Waals surface area contributed by atoms with Crippen LogP contribution in [-0.2, 0) is 4.79 Å². The largest absolute Gasteiger partial charge is 0.299 e. The van der Waals surface area contributed by atoms with Crippen molar-refractivity contribution in [3.63, 3.8) is 0 Å². The molecule has 0 radical (unpaired) electrons.